The Bertz CT molecular complexity index is 626. The molecule has 0 heterocycles. The maximum absolute atomic E-state index is 12.0. The summed E-state index contributed by atoms with van der Waals surface area (Å²) in [5.74, 6) is -0.604. The van der Waals surface area contributed by atoms with Crippen molar-refractivity contribution in [1.29, 1.82) is 10.5 Å². The van der Waals surface area contributed by atoms with Crippen LogP contribution in [0.3, 0.4) is 0 Å². The molecule has 0 saturated heterocycles. The zero-order valence-electron chi connectivity index (χ0n) is 17.9. The molecule has 8 nitrogen and oxygen atoms in total. The Labute approximate surface area is 173 Å². The molecule has 0 unspecified atom stereocenters. The van der Waals surface area contributed by atoms with Gasteiger partial charge < -0.3 is 0 Å². The van der Waals surface area contributed by atoms with Crippen molar-refractivity contribution in [2.75, 3.05) is 0 Å². The summed E-state index contributed by atoms with van der Waals surface area (Å²) in [4.78, 5) is 47.1. The molecule has 2 amide bonds. The standard InChI is InChI=1S/C21H32N4O4/c1-20(2,12-18(28)24-14-22)10-8-16(26)6-5-7-17(27)9-11-21(3,4)13-19(29)25-15-23/h5-13H2,1-4H3,(H,24,28)(H,25,29). The molecule has 0 atom stereocenters. The summed E-state index contributed by atoms with van der Waals surface area (Å²) in [7, 11) is 0. The zero-order chi connectivity index (χ0) is 22.5. The monoisotopic (exact) mass is 404 g/mol. The van der Waals surface area contributed by atoms with Crippen LogP contribution in [-0.4, -0.2) is 23.4 Å². The van der Waals surface area contributed by atoms with Crippen LogP contribution in [0.5, 0.6) is 0 Å². The first-order chi connectivity index (χ1) is 13.4. The highest BCUT2D eigenvalue weighted by Crippen LogP contribution is 2.28. The van der Waals surface area contributed by atoms with Crippen LogP contribution in [-0.2, 0) is 19.2 Å². The number of carbonyl (C=O) groups is 4. The van der Waals surface area contributed by atoms with Crippen LogP contribution in [0.4, 0.5) is 0 Å². The number of nitriles is 2. The smallest absolute Gasteiger partial charge is 0.233 e. The van der Waals surface area contributed by atoms with Gasteiger partial charge in [0.2, 0.25) is 11.8 Å². The lowest BCUT2D eigenvalue weighted by molar-refractivity contribution is -0.124. The molecule has 0 bridgehead atoms. The van der Waals surface area contributed by atoms with E-state index in [1.165, 1.54) is 0 Å². The van der Waals surface area contributed by atoms with Crippen molar-refractivity contribution in [2.45, 2.75) is 85.5 Å². The van der Waals surface area contributed by atoms with Crippen LogP contribution in [0.25, 0.3) is 0 Å². The number of ketones is 2. The van der Waals surface area contributed by atoms with Gasteiger partial charge in [-0.25, -0.2) is 0 Å². The first kappa shape index (κ1) is 26.3. The highest BCUT2D eigenvalue weighted by atomic mass is 16.2. The molecule has 160 valence electrons. The molecule has 0 saturated carbocycles. The predicted molar refractivity (Wildman–Crippen MR) is 107 cm³/mol. The minimum atomic E-state index is -0.379. The third-order valence-corrected chi connectivity index (χ3v) is 4.74. The molecule has 29 heavy (non-hydrogen) atoms. The van der Waals surface area contributed by atoms with Crippen molar-refractivity contribution in [3.05, 3.63) is 0 Å². The molecular weight excluding hydrogens is 372 g/mol. The van der Waals surface area contributed by atoms with Crippen molar-refractivity contribution < 1.29 is 19.2 Å². The number of rotatable bonds is 14. The van der Waals surface area contributed by atoms with Crippen molar-refractivity contribution in [2.24, 2.45) is 10.8 Å². The Kier molecular flexibility index (Phi) is 11.5. The summed E-state index contributed by atoms with van der Waals surface area (Å²) in [5, 5.41) is 21.1. The molecule has 8 heteroatoms. The van der Waals surface area contributed by atoms with Crippen molar-refractivity contribution >= 4 is 23.4 Å². The second kappa shape index (κ2) is 12.7. The van der Waals surface area contributed by atoms with Crippen LogP contribution < -0.4 is 10.6 Å². The Morgan fingerprint density at radius 1 is 0.690 bits per heavy atom. The number of Topliss-reactive ketones (excluding diaryl/α,β-unsaturated/α-hetero) is 2. The van der Waals surface area contributed by atoms with Gasteiger partial charge in [-0.3, -0.25) is 29.8 Å². The fourth-order valence-corrected chi connectivity index (χ4v) is 2.95. The summed E-state index contributed by atoms with van der Waals surface area (Å²) < 4.78 is 0. The first-order valence-corrected chi connectivity index (χ1v) is 9.80. The Balaban J connectivity index is 4.11. The van der Waals surface area contributed by atoms with Crippen LogP contribution in [0.1, 0.15) is 85.5 Å². The fourth-order valence-electron chi connectivity index (χ4n) is 2.95. The van der Waals surface area contributed by atoms with E-state index in [1.54, 1.807) is 12.4 Å². The van der Waals surface area contributed by atoms with Gasteiger partial charge in [0.1, 0.15) is 11.6 Å². The van der Waals surface area contributed by atoms with Gasteiger partial charge in [0.05, 0.1) is 0 Å². The lowest BCUT2D eigenvalue weighted by atomic mass is 9.82. The molecule has 0 radical (unpaired) electrons. The first-order valence-electron chi connectivity index (χ1n) is 9.80. The van der Waals surface area contributed by atoms with E-state index in [4.69, 9.17) is 10.5 Å². The van der Waals surface area contributed by atoms with Gasteiger partial charge >= 0.3 is 0 Å². The SMILES string of the molecule is CC(C)(CCC(=O)CCCC(=O)CCC(C)(C)CC(=O)NC#N)CC(=O)NC#N. The van der Waals surface area contributed by atoms with E-state index in [0.717, 1.165) is 0 Å². The molecule has 0 aromatic heterocycles. The normalized spacial score (nSPS) is 11.1. The fraction of sp³-hybridized carbons (Fsp3) is 0.714. The minimum Gasteiger partial charge on any atom is -0.300 e. The maximum Gasteiger partial charge on any atom is 0.233 e. The largest absolute Gasteiger partial charge is 0.300 e. The van der Waals surface area contributed by atoms with Crippen LogP contribution in [0.15, 0.2) is 0 Å². The van der Waals surface area contributed by atoms with E-state index >= 15 is 0 Å². The summed E-state index contributed by atoms with van der Waals surface area (Å²) in [6.07, 6.45) is 6.42. The van der Waals surface area contributed by atoms with Crippen molar-refractivity contribution in [3.8, 4) is 12.4 Å². The molecule has 2 N–H and O–H groups in total. The molecule has 0 fully saturated rings. The second-order valence-corrected chi connectivity index (χ2v) is 8.93. The molecule has 0 aromatic carbocycles. The van der Waals surface area contributed by atoms with Gasteiger partial charge in [-0.05, 0) is 30.1 Å². The van der Waals surface area contributed by atoms with Gasteiger partial charge in [-0.15, -0.1) is 0 Å². The quantitative estimate of drug-likeness (QED) is 0.337. The second-order valence-electron chi connectivity index (χ2n) is 8.93. The summed E-state index contributed by atoms with van der Waals surface area (Å²) >= 11 is 0. The van der Waals surface area contributed by atoms with Crippen LogP contribution >= 0.6 is 0 Å². The average Bonchev–Trinajstić information content (AvgIpc) is 2.58. The number of hydrogen-bond donors (Lipinski definition) is 2. The maximum atomic E-state index is 12.0. The van der Waals surface area contributed by atoms with E-state index in [2.05, 4.69) is 10.6 Å². The lowest BCUT2D eigenvalue weighted by Gasteiger charge is -2.23. The third-order valence-electron chi connectivity index (χ3n) is 4.74. The van der Waals surface area contributed by atoms with E-state index in [9.17, 15) is 19.2 Å². The van der Waals surface area contributed by atoms with Crippen LogP contribution in [0.2, 0.25) is 0 Å². The van der Waals surface area contributed by atoms with E-state index < -0.39 is 0 Å². The number of nitrogens with zero attached hydrogens (tertiary/aromatic N) is 2. The number of amides is 2. The number of carbonyl (C=O) groups excluding carboxylic acids is 4. The van der Waals surface area contributed by atoms with Gasteiger partial charge in [0, 0.05) is 38.5 Å². The highest BCUT2D eigenvalue weighted by Gasteiger charge is 2.24. The summed E-state index contributed by atoms with van der Waals surface area (Å²) in [6, 6.07) is 0. The molecule has 0 rings (SSSR count). The van der Waals surface area contributed by atoms with Gasteiger partial charge in [0.25, 0.3) is 0 Å². The summed E-state index contributed by atoms with van der Waals surface area (Å²) in [5.41, 5.74) is -0.758. The molecule has 0 aliphatic heterocycles. The van der Waals surface area contributed by atoms with Gasteiger partial charge in [-0.1, -0.05) is 27.7 Å². The number of nitrogens with one attached hydrogen (secondary N) is 2. The molecule has 0 aliphatic carbocycles. The van der Waals surface area contributed by atoms with Crippen molar-refractivity contribution in [3.63, 3.8) is 0 Å². The topological polar surface area (TPSA) is 140 Å². The molecule has 0 spiro atoms. The highest BCUT2D eigenvalue weighted by molar-refractivity contribution is 5.82. The van der Waals surface area contributed by atoms with E-state index in [0.29, 0.717) is 44.9 Å². The Morgan fingerprint density at radius 3 is 1.34 bits per heavy atom. The van der Waals surface area contributed by atoms with E-state index in [1.807, 2.05) is 27.7 Å². The predicted octanol–water partition coefficient (Wildman–Crippen LogP) is 2.88. The minimum absolute atomic E-state index is 0.0556. The van der Waals surface area contributed by atoms with Crippen LogP contribution in [0, 0.1) is 33.7 Å². The summed E-state index contributed by atoms with van der Waals surface area (Å²) in [6.45, 7) is 7.50. The Hall–Kier alpha value is -2.74. The van der Waals surface area contributed by atoms with Gasteiger partial charge in [-0.2, -0.15) is 10.5 Å². The van der Waals surface area contributed by atoms with Gasteiger partial charge in [0.15, 0.2) is 12.4 Å². The van der Waals surface area contributed by atoms with E-state index in [-0.39, 0.29) is 47.1 Å². The zero-order valence-corrected chi connectivity index (χ0v) is 17.9. The average molecular weight is 405 g/mol. The third kappa shape index (κ3) is 14.0. The molecular formula is C21H32N4O4. The van der Waals surface area contributed by atoms with Crippen molar-refractivity contribution in [1.82, 2.24) is 10.6 Å². The lowest BCUT2D eigenvalue weighted by Crippen LogP contribution is -2.26. The molecule has 0 aliphatic rings. The molecule has 0 aromatic rings. The Morgan fingerprint density at radius 2 is 1.03 bits per heavy atom. The number of hydrogen-bond acceptors (Lipinski definition) is 6.